The maximum absolute atomic E-state index is 13.4. The Labute approximate surface area is 191 Å². The molecule has 0 radical (unpaired) electrons. The van der Waals surface area contributed by atoms with Gasteiger partial charge in [-0.05, 0) is 31.2 Å². The fraction of sp³-hybridized carbons (Fsp3) is 0.577. The van der Waals surface area contributed by atoms with Crippen LogP contribution in [0.5, 0.6) is 11.5 Å². The zero-order valence-electron chi connectivity index (χ0n) is 20.1. The lowest BCUT2D eigenvalue weighted by atomic mass is 9.66. The Morgan fingerprint density at radius 3 is 2.56 bits per heavy atom. The third-order valence-electron chi connectivity index (χ3n) is 6.32. The molecule has 1 aliphatic heterocycles. The maximum Gasteiger partial charge on any atom is 0.315 e. The number of ether oxygens (including phenoxy) is 3. The van der Waals surface area contributed by atoms with Crippen molar-refractivity contribution in [3.8, 4) is 11.5 Å². The van der Waals surface area contributed by atoms with Crippen LogP contribution in [-0.4, -0.2) is 38.3 Å². The van der Waals surface area contributed by atoms with Crippen molar-refractivity contribution in [3.05, 3.63) is 35.0 Å². The molecule has 0 saturated heterocycles. The molecular formula is C26H35NO5. The highest BCUT2D eigenvalue weighted by molar-refractivity contribution is 6.09. The first-order valence-electron chi connectivity index (χ1n) is 11.4. The summed E-state index contributed by atoms with van der Waals surface area (Å²) in [4.78, 5) is 31.4. The molecule has 1 aromatic rings. The third kappa shape index (κ3) is 4.89. The highest BCUT2D eigenvalue weighted by Gasteiger charge is 2.46. The van der Waals surface area contributed by atoms with Crippen molar-refractivity contribution in [2.45, 2.75) is 65.7 Å². The van der Waals surface area contributed by atoms with Crippen molar-refractivity contribution >= 4 is 17.5 Å². The van der Waals surface area contributed by atoms with Crippen molar-refractivity contribution in [1.29, 1.82) is 0 Å². The van der Waals surface area contributed by atoms with Gasteiger partial charge in [0.25, 0.3) is 0 Å². The van der Waals surface area contributed by atoms with Crippen molar-refractivity contribution in [2.24, 2.45) is 16.3 Å². The molecule has 1 aliphatic carbocycles. The number of methoxy groups -OCH3 is 2. The maximum atomic E-state index is 13.4. The fourth-order valence-electron chi connectivity index (χ4n) is 4.78. The smallest absolute Gasteiger partial charge is 0.315 e. The predicted molar refractivity (Wildman–Crippen MR) is 124 cm³/mol. The van der Waals surface area contributed by atoms with Gasteiger partial charge < -0.3 is 14.2 Å². The number of allylic oxidation sites excluding steroid dienone is 2. The minimum Gasteiger partial charge on any atom is -0.497 e. The molecule has 6 nitrogen and oxygen atoms in total. The van der Waals surface area contributed by atoms with Crippen molar-refractivity contribution < 1.29 is 23.8 Å². The summed E-state index contributed by atoms with van der Waals surface area (Å²) >= 11 is 0. The summed E-state index contributed by atoms with van der Waals surface area (Å²) in [5, 5.41) is 0. The first kappa shape index (κ1) is 24.0. The number of hydrogen-bond donors (Lipinski definition) is 0. The second-order valence-electron chi connectivity index (χ2n) is 9.49. The Kier molecular flexibility index (Phi) is 7.42. The second kappa shape index (κ2) is 9.88. The first-order chi connectivity index (χ1) is 15.2. The van der Waals surface area contributed by atoms with Gasteiger partial charge in [-0.1, -0.05) is 39.7 Å². The number of hydrogen-bond acceptors (Lipinski definition) is 6. The van der Waals surface area contributed by atoms with Crippen LogP contribution in [0, 0.1) is 11.3 Å². The number of Topliss-reactive ketones (excluding diaryl/α,β-unsaturated/α-hetero) is 1. The van der Waals surface area contributed by atoms with E-state index < -0.39 is 11.8 Å². The quantitative estimate of drug-likeness (QED) is 0.407. The molecular weight excluding hydrogens is 406 g/mol. The van der Waals surface area contributed by atoms with Crippen molar-refractivity contribution in [1.82, 2.24) is 0 Å². The van der Waals surface area contributed by atoms with Crippen molar-refractivity contribution in [2.75, 3.05) is 20.8 Å². The summed E-state index contributed by atoms with van der Waals surface area (Å²) < 4.78 is 16.7. The summed E-state index contributed by atoms with van der Waals surface area (Å²) in [6.45, 7) is 8.50. The largest absolute Gasteiger partial charge is 0.497 e. The van der Waals surface area contributed by atoms with Gasteiger partial charge in [-0.25, -0.2) is 0 Å². The van der Waals surface area contributed by atoms with Crippen LogP contribution >= 0.6 is 0 Å². The molecule has 1 heterocycles. The van der Waals surface area contributed by atoms with Crippen LogP contribution in [-0.2, 0) is 14.3 Å². The van der Waals surface area contributed by atoms with Gasteiger partial charge in [-0.15, -0.1) is 0 Å². The zero-order valence-corrected chi connectivity index (χ0v) is 20.1. The molecule has 32 heavy (non-hydrogen) atoms. The molecule has 174 valence electrons. The van der Waals surface area contributed by atoms with E-state index >= 15 is 0 Å². The number of benzene rings is 1. The highest BCUT2D eigenvalue weighted by Crippen LogP contribution is 2.50. The molecule has 0 spiro atoms. The van der Waals surface area contributed by atoms with Gasteiger partial charge >= 0.3 is 5.97 Å². The van der Waals surface area contributed by atoms with E-state index in [1.165, 1.54) is 0 Å². The molecule has 2 aliphatic rings. The summed E-state index contributed by atoms with van der Waals surface area (Å²) in [6.07, 6.45) is 3.99. The molecule has 1 aromatic carbocycles. The molecule has 0 saturated carbocycles. The number of unbranched alkanes of at least 4 members (excludes halogenated alkanes) is 2. The van der Waals surface area contributed by atoms with Gasteiger partial charge in [0.2, 0.25) is 0 Å². The number of carbonyl (C=O) groups excluding carboxylic acids is 2. The van der Waals surface area contributed by atoms with Crippen molar-refractivity contribution in [3.63, 3.8) is 0 Å². The van der Waals surface area contributed by atoms with Crippen LogP contribution in [0.4, 0.5) is 0 Å². The molecule has 0 fully saturated rings. The molecule has 6 heteroatoms. The minimum atomic E-state index is -0.664. The predicted octanol–water partition coefficient (Wildman–Crippen LogP) is 5.25. The number of aliphatic imine (C=N–C) groups is 1. The lowest BCUT2D eigenvalue weighted by Crippen LogP contribution is -2.39. The Bertz CT molecular complexity index is 944. The fourth-order valence-corrected chi connectivity index (χ4v) is 4.78. The van der Waals surface area contributed by atoms with Crippen LogP contribution < -0.4 is 9.47 Å². The third-order valence-corrected chi connectivity index (χ3v) is 6.32. The lowest BCUT2D eigenvalue weighted by Gasteiger charge is -2.39. The van der Waals surface area contributed by atoms with E-state index in [0.29, 0.717) is 42.2 Å². The first-order valence-corrected chi connectivity index (χ1v) is 11.4. The van der Waals surface area contributed by atoms with Crippen LogP contribution in [0.2, 0.25) is 0 Å². The highest BCUT2D eigenvalue weighted by atomic mass is 16.5. The molecule has 1 unspecified atom stereocenters. The van der Waals surface area contributed by atoms with E-state index in [0.717, 1.165) is 30.5 Å². The molecule has 0 N–H and O–H groups in total. The Hall–Kier alpha value is -2.63. The second-order valence-corrected chi connectivity index (χ2v) is 9.49. The number of nitrogens with zero attached hydrogens (tertiary/aromatic N) is 1. The zero-order chi connectivity index (χ0) is 23.5. The summed E-state index contributed by atoms with van der Waals surface area (Å²) in [5.74, 6) is -0.227. The molecule has 0 aromatic heterocycles. The van der Waals surface area contributed by atoms with Gasteiger partial charge in [-0.3, -0.25) is 14.6 Å². The number of rotatable bonds is 8. The van der Waals surface area contributed by atoms with E-state index in [2.05, 4.69) is 20.8 Å². The minimum absolute atomic E-state index is 0.0409. The Morgan fingerprint density at radius 1 is 1.16 bits per heavy atom. The molecule has 0 bridgehead atoms. The standard InChI is InChI=1S/C26H35NO5/c1-7-8-9-12-32-25(29)22-16(2)27-19-14-26(3,4)15-20(28)24(19)23(22)18-11-10-17(30-5)13-21(18)31-6/h10-11,13,22-23H,7-9,12,14-15H2,1-6H3/t22?,23-/m1/s1. The average Bonchev–Trinajstić information content (AvgIpc) is 2.74. The summed E-state index contributed by atoms with van der Waals surface area (Å²) in [6, 6.07) is 5.51. The van der Waals surface area contributed by atoms with E-state index in [9.17, 15) is 9.59 Å². The van der Waals surface area contributed by atoms with Crippen LogP contribution in [0.3, 0.4) is 0 Å². The number of carbonyl (C=O) groups is 2. The monoisotopic (exact) mass is 441 g/mol. The van der Waals surface area contributed by atoms with Crippen LogP contribution in [0.25, 0.3) is 0 Å². The summed E-state index contributed by atoms with van der Waals surface area (Å²) in [7, 11) is 3.18. The van der Waals surface area contributed by atoms with E-state index in [-0.39, 0.29) is 17.2 Å². The topological polar surface area (TPSA) is 74.2 Å². The van der Waals surface area contributed by atoms with Gasteiger partial charge in [0.1, 0.15) is 17.4 Å². The molecule has 2 atom stereocenters. The van der Waals surface area contributed by atoms with E-state index in [4.69, 9.17) is 19.2 Å². The molecule has 3 rings (SSSR count). The Morgan fingerprint density at radius 2 is 1.91 bits per heavy atom. The number of ketones is 1. The van der Waals surface area contributed by atoms with Crippen LogP contribution in [0.1, 0.15) is 71.3 Å². The van der Waals surface area contributed by atoms with Gasteiger partial charge in [0.05, 0.1) is 20.8 Å². The van der Waals surface area contributed by atoms with Gasteiger partial charge in [0.15, 0.2) is 5.78 Å². The molecule has 0 amide bonds. The summed E-state index contributed by atoms with van der Waals surface area (Å²) in [5.41, 5.74) is 2.69. The van der Waals surface area contributed by atoms with Crippen LogP contribution in [0.15, 0.2) is 34.5 Å². The number of esters is 1. The Balaban J connectivity index is 2.10. The SMILES string of the molecule is CCCCCOC(=O)C1C(C)=NC2=C(C(=O)CC(C)(C)C2)[C@@H]1c1ccc(OC)cc1OC. The lowest BCUT2D eigenvalue weighted by molar-refractivity contribution is -0.146. The average molecular weight is 442 g/mol. The van der Waals surface area contributed by atoms with E-state index in [1.54, 1.807) is 20.3 Å². The van der Waals surface area contributed by atoms with Gasteiger partial charge in [-0.2, -0.15) is 0 Å². The normalized spacial score (nSPS) is 22.2. The van der Waals surface area contributed by atoms with Gasteiger partial charge in [0, 0.05) is 41.0 Å². The van der Waals surface area contributed by atoms with E-state index in [1.807, 2.05) is 19.1 Å².